The summed E-state index contributed by atoms with van der Waals surface area (Å²) in [5.41, 5.74) is 0.0930. The second-order valence-corrected chi connectivity index (χ2v) is 4.64. The van der Waals surface area contributed by atoms with Crippen LogP contribution in [0.15, 0.2) is 22.8 Å². The summed E-state index contributed by atoms with van der Waals surface area (Å²) in [4.78, 5) is 0. The number of ether oxygens (including phenoxy) is 1. The van der Waals surface area contributed by atoms with Crippen molar-refractivity contribution in [1.82, 2.24) is 5.32 Å². The number of rotatable bonds is 1. The van der Waals surface area contributed by atoms with Crippen LogP contribution in [0.3, 0.4) is 0 Å². The van der Waals surface area contributed by atoms with Gasteiger partial charge in [0.25, 0.3) is 0 Å². The molecule has 1 atom stereocenters. The highest BCUT2D eigenvalue weighted by Crippen LogP contribution is 2.39. The summed E-state index contributed by atoms with van der Waals surface area (Å²) in [6.07, 6.45) is 6.80. The Labute approximate surface area is 89.8 Å². The average molecular weight is 207 g/mol. The Morgan fingerprint density at radius 2 is 2.20 bits per heavy atom. The first-order chi connectivity index (χ1) is 7.38. The van der Waals surface area contributed by atoms with Crippen LogP contribution in [-0.2, 0) is 4.74 Å². The molecular weight excluding hydrogens is 190 g/mol. The zero-order valence-electron chi connectivity index (χ0n) is 8.87. The van der Waals surface area contributed by atoms with Crippen LogP contribution in [-0.4, -0.2) is 18.7 Å². The van der Waals surface area contributed by atoms with Gasteiger partial charge in [0.05, 0.1) is 11.9 Å². The summed E-state index contributed by atoms with van der Waals surface area (Å²) < 4.78 is 11.6. The predicted molar refractivity (Wildman–Crippen MR) is 56.6 cm³/mol. The highest BCUT2D eigenvalue weighted by Gasteiger charge is 2.40. The van der Waals surface area contributed by atoms with Crippen molar-refractivity contribution in [3.8, 4) is 0 Å². The van der Waals surface area contributed by atoms with Gasteiger partial charge in [-0.25, -0.2) is 0 Å². The van der Waals surface area contributed by atoms with Gasteiger partial charge in [-0.2, -0.15) is 0 Å². The van der Waals surface area contributed by atoms with Gasteiger partial charge in [0.15, 0.2) is 0 Å². The molecule has 15 heavy (non-hydrogen) atoms. The lowest BCUT2D eigenvalue weighted by Crippen LogP contribution is -2.49. The summed E-state index contributed by atoms with van der Waals surface area (Å²) >= 11 is 0. The van der Waals surface area contributed by atoms with E-state index < -0.39 is 0 Å². The highest BCUT2D eigenvalue weighted by atomic mass is 16.5. The van der Waals surface area contributed by atoms with E-state index in [0.717, 1.165) is 18.8 Å². The Kier molecular flexibility index (Phi) is 2.29. The van der Waals surface area contributed by atoms with E-state index in [4.69, 9.17) is 9.15 Å². The van der Waals surface area contributed by atoms with Gasteiger partial charge < -0.3 is 14.5 Å². The van der Waals surface area contributed by atoms with E-state index in [1.807, 2.05) is 12.1 Å². The van der Waals surface area contributed by atoms with Crippen molar-refractivity contribution >= 4 is 0 Å². The topological polar surface area (TPSA) is 34.4 Å². The lowest BCUT2D eigenvalue weighted by Gasteiger charge is -2.38. The standard InChI is InChI=1S/C12H17NO2/c1-2-6-12(5-1)9-13-8-11(15-12)10-4-3-7-14-10/h3-4,7,11,13H,1-2,5-6,8-9H2. The van der Waals surface area contributed by atoms with E-state index in [0.29, 0.717) is 0 Å². The molecule has 1 spiro atoms. The first-order valence-corrected chi connectivity index (χ1v) is 5.80. The zero-order valence-corrected chi connectivity index (χ0v) is 8.87. The summed E-state index contributed by atoms with van der Waals surface area (Å²) in [5, 5.41) is 3.47. The molecule has 3 heteroatoms. The van der Waals surface area contributed by atoms with E-state index in [1.165, 1.54) is 25.7 Å². The molecule has 82 valence electrons. The van der Waals surface area contributed by atoms with Crippen LogP contribution in [0.1, 0.15) is 37.5 Å². The summed E-state index contributed by atoms with van der Waals surface area (Å²) in [5.74, 6) is 0.952. The van der Waals surface area contributed by atoms with Gasteiger partial charge in [0.1, 0.15) is 11.9 Å². The molecule has 1 unspecified atom stereocenters. The number of morpholine rings is 1. The maximum absolute atomic E-state index is 6.22. The van der Waals surface area contributed by atoms with Crippen LogP contribution in [0, 0.1) is 0 Å². The Balaban J connectivity index is 1.76. The average Bonchev–Trinajstić information content (AvgIpc) is 2.89. The third-order valence-electron chi connectivity index (χ3n) is 3.54. The van der Waals surface area contributed by atoms with Crippen molar-refractivity contribution in [2.24, 2.45) is 0 Å². The Bertz CT molecular complexity index is 314. The van der Waals surface area contributed by atoms with Crippen LogP contribution in [0.25, 0.3) is 0 Å². The van der Waals surface area contributed by atoms with E-state index >= 15 is 0 Å². The van der Waals surface area contributed by atoms with Gasteiger partial charge in [-0.3, -0.25) is 0 Å². The molecule has 0 aromatic carbocycles. The smallest absolute Gasteiger partial charge is 0.133 e. The van der Waals surface area contributed by atoms with Crippen LogP contribution in [0.5, 0.6) is 0 Å². The van der Waals surface area contributed by atoms with Crippen molar-refractivity contribution in [3.05, 3.63) is 24.2 Å². The molecule has 1 aliphatic heterocycles. The normalized spacial score (nSPS) is 29.7. The molecule has 1 N–H and O–H groups in total. The van der Waals surface area contributed by atoms with Gasteiger partial charge in [-0.05, 0) is 25.0 Å². The van der Waals surface area contributed by atoms with E-state index in [-0.39, 0.29) is 11.7 Å². The fraction of sp³-hybridized carbons (Fsp3) is 0.667. The first kappa shape index (κ1) is 9.43. The molecule has 1 aromatic heterocycles. The molecule has 1 saturated carbocycles. The highest BCUT2D eigenvalue weighted by molar-refractivity contribution is 5.06. The molecule has 0 amide bonds. The van der Waals surface area contributed by atoms with Crippen molar-refractivity contribution in [2.75, 3.05) is 13.1 Å². The Morgan fingerprint density at radius 3 is 2.93 bits per heavy atom. The lowest BCUT2D eigenvalue weighted by molar-refractivity contribution is -0.121. The predicted octanol–water partition coefficient (Wildman–Crippen LogP) is 2.25. The van der Waals surface area contributed by atoms with Crippen LogP contribution in [0.4, 0.5) is 0 Å². The lowest BCUT2D eigenvalue weighted by atomic mass is 9.99. The van der Waals surface area contributed by atoms with Crippen molar-refractivity contribution in [3.63, 3.8) is 0 Å². The monoisotopic (exact) mass is 207 g/mol. The van der Waals surface area contributed by atoms with E-state index in [1.54, 1.807) is 6.26 Å². The third kappa shape index (κ3) is 1.70. The van der Waals surface area contributed by atoms with Gasteiger partial charge in [0, 0.05) is 13.1 Å². The quantitative estimate of drug-likeness (QED) is 0.767. The van der Waals surface area contributed by atoms with Gasteiger partial charge >= 0.3 is 0 Å². The summed E-state index contributed by atoms with van der Waals surface area (Å²) in [6.45, 7) is 1.87. The minimum atomic E-state index is 0.0930. The van der Waals surface area contributed by atoms with Crippen LogP contribution >= 0.6 is 0 Å². The molecule has 1 aliphatic carbocycles. The van der Waals surface area contributed by atoms with Crippen molar-refractivity contribution in [2.45, 2.75) is 37.4 Å². The van der Waals surface area contributed by atoms with Gasteiger partial charge in [0.2, 0.25) is 0 Å². The molecule has 1 aromatic rings. The Morgan fingerprint density at radius 1 is 1.33 bits per heavy atom. The molecule has 3 nitrogen and oxygen atoms in total. The fourth-order valence-electron chi connectivity index (χ4n) is 2.76. The first-order valence-electron chi connectivity index (χ1n) is 5.80. The second kappa shape index (κ2) is 3.65. The number of hydrogen-bond donors (Lipinski definition) is 1. The number of furan rings is 1. The third-order valence-corrected chi connectivity index (χ3v) is 3.54. The number of hydrogen-bond acceptors (Lipinski definition) is 3. The number of nitrogens with one attached hydrogen (secondary N) is 1. The Hall–Kier alpha value is -0.800. The molecule has 3 rings (SSSR count). The van der Waals surface area contributed by atoms with Crippen LogP contribution < -0.4 is 5.32 Å². The molecule has 0 radical (unpaired) electrons. The maximum atomic E-state index is 6.22. The second-order valence-electron chi connectivity index (χ2n) is 4.64. The maximum Gasteiger partial charge on any atom is 0.133 e. The molecular formula is C12H17NO2. The van der Waals surface area contributed by atoms with E-state index in [9.17, 15) is 0 Å². The zero-order chi connectivity index (χ0) is 10.1. The summed E-state index contributed by atoms with van der Waals surface area (Å²) in [7, 11) is 0. The minimum Gasteiger partial charge on any atom is -0.467 e. The van der Waals surface area contributed by atoms with Crippen molar-refractivity contribution in [1.29, 1.82) is 0 Å². The SMILES string of the molecule is c1coc(C2CNCC3(CCCC3)O2)c1. The molecule has 0 bridgehead atoms. The molecule has 2 aliphatic rings. The molecule has 2 heterocycles. The largest absolute Gasteiger partial charge is 0.467 e. The summed E-state index contributed by atoms with van der Waals surface area (Å²) in [6, 6.07) is 3.93. The molecule has 2 fully saturated rings. The van der Waals surface area contributed by atoms with E-state index in [2.05, 4.69) is 5.32 Å². The van der Waals surface area contributed by atoms with Gasteiger partial charge in [-0.1, -0.05) is 12.8 Å². The minimum absolute atomic E-state index is 0.0930. The fourth-order valence-corrected chi connectivity index (χ4v) is 2.76. The van der Waals surface area contributed by atoms with Gasteiger partial charge in [-0.15, -0.1) is 0 Å². The van der Waals surface area contributed by atoms with Crippen LogP contribution in [0.2, 0.25) is 0 Å². The molecule has 1 saturated heterocycles. The van der Waals surface area contributed by atoms with Crippen molar-refractivity contribution < 1.29 is 9.15 Å².